The van der Waals surface area contributed by atoms with Crippen LogP contribution in [-0.4, -0.2) is 22.4 Å². The van der Waals surface area contributed by atoms with Gasteiger partial charge < -0.3 is 9.42 Å². The molecule has 0 aliphatic rings. The Morgan fingerprint density at radius 2 is 1.56 bits per heavy atom. The summed E-state index contributed by atoms with van der Waals surface area (Å²) in [6.45, 7) is 2.61. The van der Waals surface area contributed by atoms with Crippen molar-refractivity contribution in [1.29, 1.82) is 0 Å². The van der Waals surface area contributed by atoms with Crippen molar-refractivity contribution in [3.63, 3.8) is 0 Å². The van der Waals surface area contributed by atoms with Gasteiger partial charge in [0, 0.05) is 0 Å². The Kier molecular flexibility index (Phi) is 6.80. The zero-order valence-electron chi connectivity index (χ0n) is 9.39. The summed E-state index contributed by atoms with van der Waals surface area (Å²) in [6.07, 6.45) is -0.978. The van der Waals surface area contributed by atoms with E-state index in [1.165, 1.54) is 0 Å². The van der Waals surface area contributed by atoms with Gasteiger partial charge in [0.1, 0.15) is 0 Å². The van der Waals surface area contributed by atoms with E-state index in [2.05, 4.69) is 25.3 Å². The Balaban J connectivity index is 4.64. The van der Waals surface area contributed by atoms with Crippen LogP contribution < -0.4 is 0 Å². The summed E-state index contributed by atoms with van der Waals surface area (Å²) in [5.74, 6) is 0. The van der Waals surface area contributed by atoms with Crippen molar-refractivity contribution in [2.45, 2.75) is 39.9 Å². The minimum Gasteiger partial charge on any atom is -0.304 e. The topological polar surface area (TPSA) is 94.5 Å². The average molecular weight is 294 g/mol. The number of rotatable bonds is 7. The zero-order valence-corrected chi connectivity index (χ0v) is 12.0. The molecular formula is C6H16O7P2S. The largest absolute Gasteiger partial charge is 0.479 e. The normalized spacial score (nSPS) is 19.8. The molecule has 0 radical (unpaired) electrons. The van der Waals surface area contributed by atoms with Gasteiger partial charge in [-0.3, -0.25) is 4.52 Å². The smallest absolute Gasteiger partial charge is 0.304 e. The van der Waals surface area contributed by atoms with E-state index in [0.29, 0.717) is 0 Å². The summed E-state index contributed by atoms with van der Waals surface area (Å²) in [5, 5.41) is 8.54. The standard InChI is InChI=1S/C6H16O7P2S/c1-5(2)10-14(8,9)13-15(16,12-7)11-6(3)4/h5-7H,1-4H3,(H,8,9). The fraction of sp³-hybridized carbons (Fsp3) is 1.00. The Labute approximate surface area is 99.5 Å². The lowest BCUT2D eigenvalue weighted by atomic mass is 10.5. The van der Waals surface area contributed by atoms with E-state index < -0.39 is 26.7 Å². The first-order valence-corrected chi connectivity index (χ1v) is 8.49. The van der Waals surface area contributed by atoms with Gasteiger partial charge in [-0.1, -0.05) is 0 Å². The maximum atomic E-state index is 11.4. The second-order valence-corrected chi connectivity index (χ2v) is 7.80. The summed E-state index contributed by atoms with van der Waals surface area (Å²) in [4.78, 5) is 9.27. The minimum absolute atomic E-state index is 0.433. The fourth-order valence-electron chi connectivity index (χ4n) is 0.724. The fourth-order valence-corrected chi connectivity index (χ4v) is 4.52. The molecule has 0 spiro atoms. The summed E-state index contributed by atoms with van der Waals surface area (Å²) in [6, 6.07) is 0. The van der Waals surface area contributed by atoms with Gasteiger partial charge >= 0.3 is 14.5 Å². The van der Waals surface area contributed by atoms with Gasteiger partial charge in [-0.2, -0.15) is 4.67 Å². The maximum Gasteiger partial charge on any atom is 0.479 e. The molecule has 0 aromatic heterocycles. The van der Waals surface area contributed by atoms with E-state index in [9.17, 15) is 9.46 Å². The summed E-state index contributed by atoms with van der Waals surface area (Å²) in [5.41, 5.74) is 0. The lowest BCUT2D eigenvalue weighted by molar-refractivity contribution is -0.152. The zero-order chi connectivity index (χ0) is 13.0. The molecule has 2 atom stereocenters. The van der Waals surface area contributed by atoms with Crippen molar-refractivity contribution in [1.82, 2.24) is 0 Å². The van der Waals surface area contributed by atoms with Crippen molar-refractivity contribution < 1.29 is 32.7 Å². The first kappa shape index (κ1) is 16.6. The summed E-state index contributed by atoms with van der Waals surface area (Å²) < 4.78 is 29.3. The Bertz CT molecular complexity index is 305. The van der Waals surface area contributed by atoms with Crippen molar-refractivity contribution in [3.05, 3.63) is 0 Å². The summed E-state index contributed by atoms with van der Waals surface area (Å²) >= 11 is 4.66. The van der Waals surface area contributed by atoms with Crippen LogP contribution in [0.2, 0.25) is 0 Å². The molecule has 0 aromatic carbocycles. The van der Waals surface area contributed by atoms with Gasteiger partial charge in [-0.15, -0.1) is 0 Å². The molecule has 0 saturated heterocycles. The molecule has 0 saturated carbocycles. The molecule has 0 aliphatic heterocycles. The molecule has 0 amide bonds. The lowest BCUT2D eigenvalue weighted by Gasteiger charge is -2.22. The van der Waals surface area contributed by atoms with Crippen molar-refractivity contribution >= 4 is 26.3 Å². The van der Waals surface area contributed by atoms with Crippen LogP contribution in [0, 0.1) is 0 Å². The van der Waals surface area contributed by atoms with Crippen LogP contribution >= 0.6 is 14.5 Å². The van der Waals surface area contributed by atoms with Gasteiger partial charge in [0.05, 0.1) is 12.2 Å². The van der Waals surface area contributed by atoms with Crippen LogP contribution in [-0.2, 0) is 34.4 Å². The van der Waals surface area contributed by atoms with Crippen molar-refractivity contribution in [2.75, 3.05) is 0 Å². The molecule has 2 unspecified atom stereocenters. The third-order valence-corrected chi connectivity index (χ3v) is 5.24. The quantitative estimate of drug-likeness (QED) is 0.420. The first-order chi connectivity index (χ1) is 7.10. The van der Waals surface area contributed by atoms with E-state index in [4.69, 9.17) is 9.78 Å². The van der Waals surface area contributed by atoms with Crippen LogP contribution in [0.1, 0.15) is 27.7 Å². The molecule has 7 nitrogen and oxygen atoms in total. The van der Waals surface area contributed by atoms with Crippen LogP contribution in [0.25, 0.3) is 0 Å². The van der Waals surface area contributed by atoms with E-state index in [-0.39, 0.29) is 0 Å². The lowest BCUT2D eigenvalue weighted by Crippen LogP contribution is -2.07. The maximum absolute atomic E-state index is 11.4. The van der Waals surface area contributed by atoms with Gasteiger partial charge in [0.25, 0.3) is 0 Å². The van der Waals surface area contributed by atoms with E-state index in [0.717, 1.165) is 0 Å². The summed E-state index contributed by atoms with van der Waals surface area (Å²) in [7, 11) is -4.41. The van der Waals surface area contributed by atoms with Gasteiger partial charge in [-0.25, -0.2) is 14.1 Å². The Hall–Kier alpha value is 0.640. The van der Waals surface area contributed by atoms with Crippen molar-refractivity contribution in [2.24, 2.45) is 0 Å². The molecule has 0 aliphatic carbocycles. The molecule has 0 bridgehead atoms. The number of phosphoric ester groups is 1. The minimum atomic E-state index is -4.41. The third kappa shape index (κ3) is 7.06. The third-order valence-electron chi connectivity index (χ3n) is 0.987. The number of hydrogen-bond acceptors (Lipinski definition) is 7. The highest BCUT2D eigenvalue weighted by atomic mass is 32.5. The van der Waals surface area contributed by atoms with E-state index >= 15 is 0 Å². The Morgan fingerprint density at radius 1 is 1.12 bits per heavy atom. The second-order valence-electron chi connectivity index (χ2n) is 3.39. The van der Waals surface area contributed by atoms with Gasteiger partial charge in [0.15, 0.2) is 0 Å². The van der Waals surface area contributed by atoms with Crippen LogP contribution in [0.5, 0.6) is 0 Å². The molecule has 0 fully saturated rings. The number of phosphoric acid groups is 1. The van der Waals surface area contributed by atoms with Crippen LogP contribution in [0.4, 0.5) is 0 Å². The van der Waals surface area contributed by atoms with Crippen molar-refractivity contribution in [3.8, 4) is 0 Å². The predicted molar refractivity (Wildman–Crippen MR) is 61.4 cm³/mol. The van der Waals surface area contributed by atoms with Gasteiger partial charge in [0.2, 0.25) is 0 Å². The molecule has 0 rings (SSSR count). The molecule has 0 heterocycles. The molecular weight excluding hydrogens is 278 g/mol. The molecule has 10 heteroatoms. The van der Waals surface area contributed by atoms with Crippen LogP contribution in [0.15, 0.2) is 0 Å². The van der Waals surface area contributed by atoms with E-state index in [1.54, 1.807) is 27.7 Å². The monoisotopic (exact) mass is 294 g/mol. The average Bonchev–Trinajstić information content (AvgIpc) is 1.98. The van der Waals surface area contributed by atoms with Gasteiger partial charge in [-0.05, 0) is 39.5 Å². The Morgan fingerprint density at radius 3 is 1.88 bits per heavy atom. The van der Waals surface area contributed by atoms with Crippen LogP contribution in [0.3, 0.4) is 0 Å². The highest BCUT2D eigenvalue weighted by molar-refractivity contribution is 8.08. The molecule has 0 aromatic rings. The highest BCUT2D eigenvalue weighted by Gasteiger charge is 2.35. The highest BCUT2D eigenvalue weighted by Crippen LogP contribution is 2.64. The molecule has 98 valence electrons. The molecule has 2 N–H and O–H groups in total. The predicted octanol–water partition coefficient (Wildman–Crippen LogP) is 2.67. The molecule has 16 heavy (non-hydrogen) atoms. The van der Waals surface area contributed by atoms with E-state index in [1.807, 2.05) is 0 Å². The SMILES string of the molecule is CC(C)OP(=O)(O)OP(=S)(OO)OC(C)C. The first-order valence-electron chi connectivity index (χ1n) is 4.44. The second kappa shape index (κ2) is 6.54. The number of hydrogen-bond donors (Lipinski definition) is 2.